The van der Waals surface area contributed by atoms with Gasteiger partial charge in [-0.05, 0) is 30.7 Å². The summed E-state index contributed by atoms with van der Waals surface area (Å²) in [6.07, 6.45) is 0. The number of para-hydroxylation sites is 2. The lowest BCUT2D eigenvalue weighted by Crippen LogP contribution is -2.09. The molecule has 0 aliphatic heterocycles. The summed E-state index contributed by atoms with van der Waals surface area (Å²) in [6, 6.07) is 10.6. The number of nitrogens with zero attached hydrogens (tertiary/aromatic N) is 1. The van der Waals surface area contributed by atoms with Crippen molar-refractivity contribution < 1.29 is 9.31 Å². The Balaban J connectivity index is 2.28. The number of hydrogen-bond acceptors (Lipinski definition) is 3. The summed E-state index contributed by atoms with van der Waals surface area (Å²) in [7, 11) is 0. The van der Waals surface area contributed by atoms with Crippen LogP contribution in [0.5, 0.6) is 0 Å². The SMILES string of the molecule is CC(Nc1ccccc1[N+](=O)[O-])c1ccc(F)cc1Br. The maximum absolute atomic E-state index is 13.1. The van der Waals surface area contributed by atoms with Crippen LogP contribution in [-0.4, -0.2) is 4.92 Å². The molecule has 0 amide bonds. The Morgan fingerprint density at radius 2 is 2.00 bits per heavy atom. The van der Waals surface area contributed by atoms with E-state index in [1.807, 2.05) is 6.92 Å². The molecule has 104 valence electrons. The second kappa shape index (κ2) is 6.00. The molecule has 1 atom stereocenters. The van der Waals surface area contributed by atoms with Crippen LogP contribution in [0.2, 0.25) is 0 Å². The van der Waals surface area contributed by atoms with Gasteiger partial charge in [0.2, 0.25) is 0 Å². The van der Waals surface area contributed by atoms with E-state index in [1.165, 1.54) is 18.2 Å². The molecular weight excluding hydrogens is 327 g/mol. The molecule has 0 radical (unpaired) electrons. The molecule has 2 aromatic rings. The third-order valence-corrected chi connectivity index (χ3v) is 3.59. The Labute approximate surface area is 123 Å². The zero-order chi connectivity index (χ0) is 14.7. The van der Waals surface area contributed by atoms with E-state index in [2.05, 4.69) is 21.2 Å². The Morgan fingerprint density at radius 3 is 2.65 bits per heavy atom. The highest BCUT2D eigenvalue weighted by Gasteiger charge is 2.16. The Morgan fingerprint density at radius 1 is 1.30 bits per heavy atom. The monoisotopic (exact) mass is 338 g/mol. The van der Waals surface area contributed by atoms with Crippen LogP contribution in [0.15, 0.2) is 46.9 Å². The molecule has 2 aromatic carbocycles. The van der Waals surface area contributed by atoms with Crippen molar-refractivity contribution in [1.29, 1.82) is 0 Å². The topological polar surface area (TPSA) is 55.2 Å². The van der Waals surface area contributed by atoms with Crippen LogP contribution in [0, 0.1) is 15.9 Å². The summed E-state index contributed by atoms with van der Waals surface area (Å²) in [5, 5.41) is 14.0. The average molecular weight is 339 g/mol. The lowest BCUT2D eigenvalue weighted by Gasteiger charge is -2.17. The van der Waals surface area contributed by atoms with Crippen molar-refractivity contribution in [2.75, 3.05) is 5.32 Å². The van der Waals surface area contributed by atoms with E-state index in [0.29, 0.717) is 10.2 Å². The molecule has 0 aliphatic rings. The van der Waals surface area contributed by atoms with Gasteiger partial charge in [0.05, 0.1) is 4.92 Å². The lowest BCUT2D eigenvalue weighted by atomic mass is 10.1. The third-order valence-electron chi connectivity index (χ3n) is 2.90. The number of nitrogens with one attached hydrogen (secondary N) is 1. The first-order valence-corrected chi connectivity index (χ1v) is 6.73. The zero-order valence-electron chi connectivity index (χ0n) is 10.6. The van der Waals surface area contributed by atoms with Gasteiger partial charge in [-0.1, -0.05) is 34.1 Å². The molecule has 20 heavy (non-hydrogen) atoms. The highest BCUT2D eigenvalue weighted by molar-refractivity contribution is 9.10. The van der Waals surface area contributed by atoms with Crippen molar-refractivity contribution in [3.05, 3.63) is 68.4 Å². The van der Waals surface area contributed by atoms with Gasteiger partial charge >= 0.3 is 0 Å². The quantitative estimate of drug-likeness (QED) is 0.651. The zero-order valence-corrected chi connectivity index (χ0v) is 12.2. The van der Waals surface area contributed by atoms with Gasteiger partial charge in [-0.2, -0.15) is 0 Å². The molecule has 0 fully saturated rings. The predicted molar refractivity (Wildman–Crippen MR) is 79.2 cm³/mol. The van der Waals surface area contributed by atoms with Crippen LogP contribution in [0.25, 0.3) is 0 Å². The predicted octanol–water partition coefficient (Wildman–Crippen LogP) is 4.67. The largest absolute Gasteiger partial charge is 0.373 e. The van der Waals surface area contributed by atoms with Gasteiger partial charge in [-0.15, -0.1) is 0 Å². The van der Waals surface area contributed by atoms with Crippen molar-refractivity contribution in [2.24, 2.45) is 0 Å². The van der Waals surface area contributed by atoms with E-state index in [9.17, 15) is 14.5 Å². The average Bonchev–Trinajstić information content (AvgIpc) is 2.38. The lowest BCUT2D eigenvalue weighted by molar-refractivity contribution is -0.384. The number of nitro groups is 1. The minimum Gasteiger partial charge on any atom is -0.373 e. The fraction of sp³-hybridized carbons (Fsp3) is 0.143. The molecule has 0 spiro atoms. The van der Waals surface area contributed by atoms with E-state index in [4.69, 9.17) is 0 Å². The van der Waals surface area contributed by atoms with Gasteiger partial charge in [-0.3, -0.25) is 10.1 Å². The van der Waals surface area contributed by atoms with Crippen LogP contribution >= 0.6 is 15.9 Å². The number of nitro benzene ring substituents is 1. The van der Waals surface area contributed by atoms with E-state index in [1.54, 1.807) is 24.3 Å². The molecule has 0 saturated heterocycles. The smallest absolute Gasteiger partial charge is 0.292 e. The van der Waals surface area contributed by atoms with Crippen molar-refractivity contribution in [2.45, 2.75) is 13.0 Å². The fourth-order valence-electron chi connectivity index (χ4n) is 1.92. The summed E-state index contributed by atoms with van der Waals surface area (Å²) in [4.78, 5) is 10.5. The number of benzene rings is 2. The summed E-state index contributed by atoms with van der Waals surface area (Å²) < 4.78 is 13.7. The number of hydrogen-bond donors (Lipinski definition) is 1. The molecule has 2 rings (SSSR count). The van der Waals surface area contributed by atoms with E-state index >= 15 is 0 Å². The van der Waals surface area contributed by atoms with Crippen LogP contribution in [-0.2, 0) is 0 Å². The first kappa shape index (κ1) is 14.5. The summed E-state index contributed by atoms with van der Waals surface area (Å²) in [6.45, 7) is 1.86. The molecule has 0 aromatic heterocycles. The summed E-state index contributed by atoms with van der Waals surface area (Å²) >= 11 is 3.29. The van der Waals surface area contributed by atoms with Gasteiger partial charge in [0, 0.05) is 16.6 Å². The summed E-state index contributed by atoms with van der Waals surface area (Å²) in [5.74, 6) is -0.335. The summed E-state index contributed by atoms with van der Waals surface area (Å²) in [5.41, 5.74) is 1.27. The van der Waals surface area contributed by atoms with Gasteiger partial charge in [0.15, 0.2) is 0 Å². The van der Waals surface area contributed by atoms with Gasteiger partial charge < -0.3 is 5.32 Å². The standard InChI is InChI=1S/C14H12BrFN2O2/c1-9(11-7-6-10(16)8-12(11)15)17-13-4-2-3-5-14(13)18(19)20/h2-9,17H,1H3. The van der Waals surface area contributed by atoms with Crippen LogP contribution in [0.1, 0.15) is 18.5 Å². The number of halogens is 2. The second-order valence-corrected chi connectivity index (χ2v) is 5.16. The molecule has 0 heterocycles. The maximum Gasteiger partial charge on any atom is 0.292 e. The highest BCUT2D eigenvalue weighted by atomic mass is 79.9. The molecule has 6 heteroatoms. The van der Waals surface area contributed by atoms with Gasteiger partial charge in [0.1, 0.15) is 11.5 Å². The van der Waals surface area contributed by atoms with Gasteiger partial charge in [0.25, 0.3) is 5.69 Å². The molecule has 0 saturated carbocycles. The first-order chi connectivity index (χ1) is 9.49. The van der Waals surface area contributed by atoms with Crippen molar-refractivity contribution in [3.8, 4) is 0 Å². The van der Waals surface area contributed by atoms with Crippen molar-refractivity contribution >= 4 is 27.3 Å². The van der Waals surface area contributed by atoms with Crippen molar-refractivity contribution in [1.82, 2.24) is 0 Å². The molecular formula is C14H12BrFN2O2. The van der Waals surface area contributed by atoms with Crippen LogP contribution in [0.4, 0.5) is 15.8 Å². The maximum atomic E-state index is 13.1. The molecule has 1 N–H and O–H groups in total. The van der Waals surface area contributed by atoms with Crippen LogP contribution < -0.4 is 5.32 Å². The van der Waals surface area contributed by atoms with E-state index in [0.717, 1.165) is 5.56 Å². The molecule has 0 aliphatic carbocycles. The Kier molecular flexibility index (Phi) is 4.34. The molecule has 4 nitrogen and oxygen atoms in total. The minimum absolute atomic E-state index is 0.0117. The van der Waals surface area contributed by atoms with E-state index < -0.39 is 4.92 Å². The van der Waals surface area contributed by atoms with Crippen LogP contribution in [0.3, 0.4) is 0 Å². The fourth-order valence-corrected chi connectivity index (χ4v) is 2.61. The Bertz CT molecular complexity index is 649. The Hall–Kier alpha value is -1.95. The third kappa shape index (κ3) is 3.14. The molecule has 0 bridgehead atoms. The normalized spacial score (nSPS) is 11.9. The number of rotatable bonds is 4. The van der Waals surface area contributed by atoms with E-state index in [-0.39, 0.29) is 17.5 Å². The first-order valence-electron chi connectivity index (χ1n) is 5.94. The highest BCUT2D eigenvalue weighted by Crippen LogP contribution is 2.30. The van der Waals surface area contributed by atoms with Gasteiger partial charge in [-0.25, -0.2) is 4.39 Å². The molecule has 1 unspecified atom stereocenters. The van der Waals surface area contributed by atoms with Crippen molar-refractivity contribution in [3.63, 3.8) is 0 Å². The minimum atomic E-state index is -0.436. The number of anilines is 1. The second-order valence-electron chi connectivity index (χ2n) is 4.31.